The maximum atomic E-state index is 12.4. The molecule has 1 amide bonds. The Labute approximate surface area is 144 Å². The molecule has 0 radical (unpaired) electrons. The zero-order valence-corrected chi connectivity index (χ0v) is 15.2. The summed E-state index contributed by atoms with van der Waals surface area (Å²) in [7, 11) is 2.11. The largest absolute Gasteiger partial charge is 0.388 e. The molecule has 0 saturated carbocycles. The number of rotatable bonds is 6. The van der Waals surface area contributed by atoms with Gasteiger partial charge in [-0.1, -0.05) is 20.3 Å². The van der Waals surface area contributed by atoms with Crippen LogP contribution in [-0.2, 0) is 0 Å². The molecule has 2 heterocycles. The first-order chi connectivity index (χ1) is 11.3. The number of anilines is 1. The molecule has 1 aliphatic rings. The van der Waals surface area contributed by atoms with Gasteiger partial charge in [-0.2, -0.15) is 0 Å². The SMILES string of the molecule is CCC(C)C(C)(O)CNC(=O)c1ccnc(N2CCN(C)CC2)c1. The normalized spacial score (nSPS) is 19.6. The first kappa shape index (κ1) is 18.7. The highest BCUT2D eigenvalue weighted by atomic mass is 16.3. The van der Waals surface area contributed by atoms with E-state index in [9.17, 15) is 9.90 Å². The minimum Gasteiger partial charge on any atom is -0.388 e. The molecule has 2 atom stereocenters. The minimum absolute atomic E-state index is 0.121. The molecule has 1 aromatic heterocycles. The Balaban J connectivity index is 1.99. The summed E-state index contributed by atoms with van der Waals surface area (Å²) >= 11 is 0. The van der Waals surface area contributed by atoms with Gasteiger partial charge >= 0.3 is 0 Å². The molecule has 0 bridgehead atoms. The van der Waals surface area contributed by atoms with Gasteiger partial charge in [0.05, 0.1) is 5.60 Å². The van der Waals surface area contributed by atoms with Crippen LogP contribution in [0.4, 0.5) is 5.82 Å². The van der Waals surface area contributed by atoms with Gasteiger partial charge in [0.1, 0.15) is 5.82 Å². The van der Waals surface area contributed by atoms with Gasteiger partial charge in [-0.05, 0) is 32.0 Å². The molecule has 1 aromatic rings. The summed E-state index contributed by atoms with van der Waals surface area (Å²) in [6.07, 6.45) is 2.54. The van der Waals surface area contributed by atoms with E-state index in [0.29, 0.717) is 5.56 Å². The van der Waals surface area contributed by atoms with Crippen LogP contribution >= 0.6 is 0 Å². The van der Waals surface area contributed by atoms with Crippen molar-refractivity contribution in [2.75, 3.05) is 44.7 Å². The van der Waals surface area contributed by atoms with Crippen molar-refractivity contribution < 1.29 is 9.90 Å². The molecule has 2 rings (SSSR count). The topological polar surface area (TPSA) is 68.7 Å². The van der Waals surface area contributed by atoms with E-state index in [2.05, 4.69) is 27.1 Å². The van der Waals surface area contributed by atoms with Gasteiger partial charge in [0.2, 0.25) is 0 Å². The number of piperazine rings is 1. The molecule has 24 heavy (non-hydrogen) atoms. The number of hydrogen-bond donors (Lipinski definition) is 2. The molecule has 1 aliphatic heterocycles. The Hall–Kier alpha value is -1.66. The molecule has 6 heteroatoms. The van der Waals surface area contributed by atoms with Gasteiger partial charge in [-0.3, -0.25) is 4.79 Å². The maximum absolute atomic E-state index is 12.4. The smallest absolute Gasteiger partial charge is 0.251 e. The molecule has 1 fully saturated rings. The monoisotopic (exact) mass is 334 g/mol. The van der Waals surface area contributed by atoms with Crippen LogP contribution in [0.25, 0.3) is 0 Å². The van der Waals surface area contributed by atoms with Crippen molar-refractivity contribution in [3.8, 4) is 0 Å². The predicted molar refractivity (Wildman–Crippen MR) is 96.4 cm³/mol. The summed E-state index contributed by atoms with van der Waals surface area (Å²) in [5, 5.41) is 13.3. The zero-order chi connectivity index (χ0) is 17.7. The number of nitrogens with one attached hydrogen (secondary N) is 1. The van der Waals surface area contributed by atoms with E-state index in [0.717, 1.165) is 38.4 Å². The van der Waals surface area contributed by atoms with Crippen LogP contribution < -0.4 is 10.2 Å². The number of amides is 1. The van der Waals surface area contributed by atoms with Crippen LogP contribution in [0.3, 0.4) is 0 Å². The van der Waals surface area contributed by atoms with E-state index < -0.39 is 5.60 Å². The number of pyridine rings is 1. The van der Waals surface area contributed by atoms with E-state index in [1.165, 1.54) is 0 Å². The fraction of sp³-hybridized carbons (Fsp3) is 0.667. The molecule has 2 N–H and O–H groups in total. The highest BCUT2D eigenvalue weighted by Crippen LogP contribution is 2.19. The van der Waals surface area contributed by atoms with Gasteiger partial charge in [0.25, 0.3) is 5.91 Å². The molecule has 1 saturated heterocycles. The third-order valence-corrected chi connectivity index (χ3v) is 5.12. The van der Waals surface area contributed by atoms with E-state index in [4.69, 9.17) is 0 Å². The number of nitrogens with zero attached hydrogens (tertiary/aromatic N) is 3. The lowest BCUT2D eigenvalue weighted by molar-refractivity contribution is 0.00592. The molecular weight excluding hydrogens is 304 g/mol. The van der Waals surface area contributed by atoms with Crippen LogP contribution in [0.5, 0.6) is 0 Å². The molecule has 0 aliphatic carbocycles. The number of hydrogen-bond acceptors (Lipinski definition) is 5. The Bertz CT molecular complexity index is 554. The van der Waals surface area contributed by atoms with Crippen molar-refractivity contribution in [3.63, 3.8) is 0 Å². The number of aromatic nitrogens is 1. The van der Waals surface area contributed by atoms with E-state index in [1.807, 2.05) is 19.9 Å². The van der Waals surface area contributed by atoms with Gasteiger partial charge in [0.15, 0.2) is 0 Å². The Morgan fingerprint density at radius 3 is 2.71 bits per heavy atom. The summed E-state index contributed by atoms with van der Waals surface area (Å²) < 4.78 is 0. The molecular formula is C18H30N4O2. The molecule has 6 nitrogen and oxygen atoms in total. The summed E-state index contributed by atoms with van der Waals surface area (Å²) in [6, 6.07) is 3.55. The summed E-state index contributed by atoms with van der Waals surface area (Å²) in [5.74, 6) is 0.789. The fourth-order valence-corrected chi connectivity index (χ4v) is 2.74. The van der Waals surface area contributed by atoms with Crippen molar-refractivity contribution in [1.29, 1.82) is 0 Å². The lowest BCUT2D eigenvalue weighted by Gasteiger charge is -2.33. The standard InChI is InChI=1S/C18H30N4O2/c1-5-14(2)18(3,24)13-20-17(23)15-6-7-19-16(12-15)22-10-8-21(4)9-11-22/h6-7,12,14,24H,5,8-11,13H2,1-4H3,(H,20,23). The van der Waals surface area contributed by atoms with Crippen molar-refractivity contribution in [3.05, 3.63) is 23.9 Å². The molecule has 2 unspecified atom stereocenters. The Kier molecular flexibility index (Phi) is 6.18. The van der Waals surface area contributed by atoms with E-state index >= 15 is 0 Å². The van der Waals surface area contributed by atoms with Crippen LogP contribution in [0, 0.1) is 5.92 Å². The predicted octanol–water partition coefficient (Wildman–Crippen LogP) is 1.36. The fourth-order valence-electron chi connectivity index (χ4n) is 2.74. The number of carbonyl (C=O) groups excluding carboxylic acids is 1. The highest BCUT2D eigenvalue weighted by molar-refractivity contribution is 5.94. The van der Waals surface area contributed by atoms with Crippen molar-refractivity contribution in [2.24, 2.45) is 5.92 Å². The Morgan fingerprint density at radius 1 is 1.42 bits per heavy atom. The average Bonchev–Trinajstić information content (AvgIpc) is 2.59. The van der Waals surface area contributed by atoms with E-state index in [1.54, 1.807) is 19.2 Å². The number of carbonyl (C=O) groups is 1. The van der Waals surface area contributed by atoms with Crippen molar-refractivity contribution >= 4 is 11.7 Å². The summed E-state index contributed by atoms with van der Waals surface area (Å²) in [5.41, 5.74) is -0.323. The van der Waals surface area contributed by atoms with Gasteiger partial charge in [-0.25, -0.2) is 4.98 Å². The van der Waals surface area contributed by atoms with Crippen molar-refractivity contribution in [1.82, 2.24) is 15.2 Å². The summed E-state index contributed by atoms with van der Waals surface area (Å²) in [4.78, 5) is 21.3. The first-order valence-electron chi connectivity index (χ1n) is 8.73. The average molecular weight is 334 g/mol. The van der Waals surface area contributed by atoms with Gasteiger partial charge < -0.3 is 20.2 Å². The lowest BCUT2D eigenvalue weighted by atomic mass is 9.88. The zero-order valence-electron chi connectivity index (χ0n) is 15.2. The Morgan fingerprint density at radius 2 is 2.08 bits per heavy atom. The van der Waals surface area contributed by atoms with Gasteiger partial charge in [0, 0.05) is 44.5 Å². The highest BCUT2D eigenvalue weighted by Gasteiger charge is 2.27. The lowest BCUT2D eigenvalue weighted by Crippen LogP contribution is -2.45. The first-order valence-corrected chi connectivity index (χ1v) is 8.73. The number of likely N-dealkylation sites (N-methyl/N-ethyl adjacent to an activating group) is 1. The quantitative estimate of drug-likeness (QED) is 0.822. The third kappa shape index (κ3) is 4.68. The second-order valence-electron chi connectivity index (χ2n) is 7.04. The number of aliphatic hydroxyl groups is 1. The van der Waals surface area contributed by atoms with Crippen molar-refractivity contribution in [2.45, 2.75) is 32.8 Å². The van der Waals surface area contributed by atoms with Crippen LogP contribution in [0.1, 0.15) is 37.6 Å². The van der Waals surface area contributed by atoms with Crippen LogP contribution in [0.15, 0.2) is 18.3 Å². The maximum Gasteiger partial charge on any atom is 0.251 e. The van der Waals surface area contributed by atoms with Crippen LogP contribution in [-0.4, -0.2) is 66.3 Å². The minimum atomic E-state index is -0.905. The van der Waals surface area contributed by atoms with E-state index in [-0.39, 0.29) is 18.4 Å². The third-order valence-electron chi connectivity index (χ3n) is 5.12. The van der Waals surface area contributed by atoms with Crippen LogP contribution in [0.2, 0.25) is 0 Å². The molecule has 134 valence electrons. The van der Waals surface area contributed by atoms with Gasteiger partial charge in [-0.15, -0.1) is 0 Å². The second-order valence-corrected chi connectivity index (χ2v) is 7.04. The summed E-state index contributed by atoms with van der Waals surface area (Å²) in [6.45, 7) is 9.85. The second kappa shape index (κ2) is 7.94. The molecule has 0 aromatic carbocycles. The molecule has 0 spiro atoms.